The Balaban J connectivity index is 3.80. The summed E-state index contributed by atoms with van der Waals surface area (Å²) in [7, 11) is 0. The second-order valence-electron chi connectivity index (χ2n) is 2.84. The van der Waals surface area contributed by atoms with Gasteiger partial charge in [0.1, 0.15) is 6.23 Å². The molecule has 0 aliphatic rings. The van der Waals surface area contributed by atoms with Crippen LogP contribution in [0.5, 0.6) is 0 Å². The fraction of sp³-hybridized carbons (Fsp3) is 0.667. The summed E-state index contributed by atoms with van der Waals surface area (Å²) >= 11 is 0. The summed E-state index contributed by atoms with van der Waals surface area (Å²) in [5.74, 6) is -0.462. The van der Waals surface area contributed by atoms with Gasteiger partial charge in [0.05, 0.1) is 0 Å². The lowest BCUT2D eigenvalue weighted by Crippen LogP contribution is -2.30. The number of rotatable bonds is 5. The van der Waals surface area contributed by atoms with E-state index in [1.54, 1.807) is 13.8 Å². The minimum absolute atomic E-state index is 0.348. The molecular weight excluding hydrogens is 170 g/mol. The highest BCUT2D eigenvalue weighted by Gasteiger charge is 2.12. The zero-order valence-corrected chi connectivity index (χ0v) is 8.37. The third-order valence-corrected chi connectivity index (χ3v) is 1.39. The van der Waals surface area contributed by atoms with E-state index in [-0.39, 0.29) is 0 Å². The number of carbonyl (C=O) groups is 1. The van der Waals surface area contributed by atoms with E-state index in [4.69, 9.17) is 15.2 Å². The van der Waals surface area contributed by atoms with Crippen molar-refractivity contribution >= 4 is 5.97 Å². The van der Waals surface area contributed by atoms with Crippen LogP contribution < -0.4 is 5.73 Å². The number of esters is 1. The summed E-state index contributed by atoms with van der Waals surface area (Å²) < 4.78 is 9.96. The van der Waals surface area contributed by atoms with Gasteiger partial charge >= 0.3 is 5.97 Å². The normalized spacial score (nSPS) is 14.8. The highest BCUT2D eigenvalue weighted by atomic mass is 16.7. The van der Waals surface area contributed by atoms with Crippen molar-refractivity contribution in [1.82, 2.24) is 0 Å². The van der Waals surface area contributed by atoms with Gasteiger partial charge in [-0.2, -0.15) is 0 Å². The zero-order valence-electron chi connectivity index (χ0n) is 8.37. The molecule has 0 bridgehead atoms. The van der Waals surface area contributed by atoms with Crippen molar-refractivity contribution in [2.24, 2.45) is 5.73 Å². The van der Waals surface area contributed by atoms with Gasteiger partial charge in [-0.3, -0.25) is 0 Å². The quantitative estimate of drug-likeness (QED) is 0.398. The second-order valence-corrected chi connectivity index (χ2v) is 2.84. The van der Waals surface area contributed by atoms with E-state index in [1.165, 1.54) is 0 Å². The molecule has 0 spiro atoms. The second kappa shape index (κ2) is 5.72. The van der Waals surface area contributed by atoms with Gasteiger partial charge in [-0.1, -0.05) is 13.5 Å². The van der Waals surface area contributed by atoms with E-state index < -0.39 is 18.5 Å². The molecule has 0 amide bonds. The maximum absolute atomic E-state index is 11.0. The number of carbonyl (C=O) groups excluding carboxylic acids is 1. The minimum atomic E-state index is -0.626. The maximum Gasteiger partial charge on any atom is 0.335 e. The van der Waals surface area contributed by atoms with Crippen LogP contribution in [0.3, 0.4) is 0 Å². The third kappa shape index (κ3) is 5.38. The smallest absolute Gasteiger partial charge is 0.335 e. The Morgan fingerprint density at radius 2 is 2.15 bits per heavy atom. The minimum Gasteiger partial charge on any atom is -0.433 e. The topological polar surface area (TPSA) is 61.5 Å². The predicted octanol–water partition coefficient (Wildman–Crippen LogP) is 1.16. The highest BCUT2D eigenvalue weighted by Crippen LogP contribution is 2.02. The Hall–Kier alpha value is -0.870. The third-order valence-electron chi connectivity index (χ3n) is 1.39. The zero-order chi connectivity index (χ0) is 10.4. The van der Waals surface area contributed by atoms with Crippen LogP contribution in [0.15, 0.2) is 12.2 Å². The number of hydrogen-bond acceptors (Lipinski definition) is 4. The van der Waals surface area contributed by atoms with Gasteiger partial charge in [0.2, 0.25) is 6.29 Å². The lowest BCUT2D eigenvalue weighted by atomic mass is 10.4. The SMILES string of the molecule is C=C(C)C(=O)OC(C)OC(N)CC. The molecule has 0 aromatic rings. The molecule has 2 atom stereocenters. The fourth-order valence-electron chi connectivity index (χ4n) is 0.621. The first kappa shape index (κ1) is 12.1. The van der Waals surface area contributed by atoms with Crippen LogP contribution in [0.2, 0.25) is 0 Å². The summed E-state index contributed by atoms with van der Waals surface area (Å²) in [5.41, 5.74) is 5.84. The van der Waals surface area contributed by atoms with E-state index in [0.717, 1.165) is 0 Å². The molecule has 2 N–H and O–H groups in total. The molecule has 76 valence electrons. The molecule has 0 radical (unpaired) electrons. The first-order chi connectivity index (χ1) is 5.97. The van der Waals surface area contributed by atoms with Crippen molar-refractivity contribution in [3.63, 3.8) is 0 Å². The molecule has 4 heteroatoms. The first-order valence-electron chi connectivity index (χ1n) is 4.24. The summed E-state index contributed by atoms with van der Waals surface area (Å²) in [5, 5.41) is 0. The van der Waals surface area contributed by atoms with Crippen LogP contribution >= 0.6 is 0 Å². The molecule has 2 unspecified atom stereocenters. The van der Waals surface area contributed by atoms with Gasteiger partial charge in [0, 0.05) is 5.57 Å². The first-order valence-corrected chi connectivity index (χ1v) is 4.24. The van der Waals surface area contributed by atoms with Crippen molar-refractivity contribution in [2.45, 2.75) is 39.7 Å². The Morgan fingerprint density at radius 1 is 1.62 bits per heavy atom. The van der Waals surface area contributed by atoms with Crippen LogP contribution in [0, 0.1) is 0 Å². The number of hydrogen-bond donors (Lipinski definition) is 1. The summed E-state index contributed by atoms with van der Waals surface area (Å²) in [6.07, 6.45) is -0.346. The molecule has 0 aromatic carbocycles. The Kier molecular flexibility index (Phi) is 5.34. The molecule has 0 heterocycles. The van der Waals surface area contributed by atoms with Gasteiger partial charge in [0.15, 0.2) is 0 Å². The van der Waals surface area contributed by atoms with Gasteiger partial charge < -0.3 is 15.2 Å². The molecule has 0 rings (SSSR count). The van der Waals surface area contributed by atoms with Gasteiger partial charge in [0.25, 0.3) is 0 Å². The molecule has 0 saturated carbocycles. The molecule has 0 saturated heterocycles. The van der Waals surface area contributed by atoms with Crippen molar-refractivity contribution in [3.8, 4) is 0 Å². The Morgan fingerprint density at radius 3 is 2.54 bits per heavy atom. The Bertz CT molecular complexity index is 191. The highest BCUT2D eigenvalue weighted by molar-refractivity contribution is 5.86. The van der Waals surface area contributed by atoms with Crippen LogP contribution in [0.1, 0.15) is 27.2 Å². The van der Waals surface area contributed by atoms with E-state index in [9.17, 15) is 4.79 Å². The molecule has 13 heavy (non-hydrogen) atoms. The molecule has 0 aliphatic heterocycles. The Labute approximate surface area is 78.7 Å². The monoisotopic (exact) mass is 187 g/mol. The fourth-order valence-corrected chi connectivity index (χ4v) is 0.621. The standard InChI is InChI=1S/C9H17NO3/c1-5-8(10)12-7(4)13-9(11)6(2)3/h7-8H,2,5,10H2,1,3-4H3. The van der Waals surface area contributed by atoms with Crippen molar-refractivity contribution in [2.75, 3.05) is 0 Å². The molecule has 4 nitrogen and oxygen atoms in total. The lowest BCUT2D eigenvalue weighted by Gasteiger charge is -2.17. The summed E-state index contributed by atoms with van der Waals surface area (Å²) in [6, 6.07) is 0. The van der Waals surface area contributed by atoms with Crippen molar-refractivity contribution < 1.29 is 14.3 Å². The van der Waals surface area contributed by atoms with E-state index in [2.05, 4.69) is 6.58 Å². The van der Waals surface area contributed by atoms with Crippen LogP contribution in [0.4, 0.5) is 0 Å². The predicted molar refractivity (Wildman–Crippen MR) is 49.7 cm³/mol. The molecule has 0 aromatic heterocycles. The van der Waals surface area contributed by atoms with Gasteiger partial charge in [-0.05, 0) is 20.3 Å². The number of nitrogens with two attached hydrogens (primary N) is 1. The van der Waals surface area contributed by atoms with Crippen LogP contribution in [-0.2, 0) is 14.3 Å². The van der Waals surface area contributed by atoms with E-state index in [0.29, 0.717) is 12.0 Å². The van der Waals surface area contributed by atoms with Crippen LogP contribution in [0.25, 0.3) is 0 Å². The van der Waals surface area contributed by atoms with Crippen molar-refractivity contribution in [1.29, 1.82) is 0 Å². The van der Waals surface area contributed by atoms with Crippen LogP contribution in [-0.4, -0.2) is 18.5 Å². The largest absolute Gasteiger partial charge is 0.433 e. The molecule has 0 aliphatic carbocycles. The van der Waals surface area contributed by atoms with E-state index >= 15 is 0 Å². The molecular formula is C9H17NO3. The lowest BCUT2D eigenvalue weighted by molar-refractivity contribution is -0.180. The number of ether oxygens (including phenoxy) is 2. The van der Waals surface area contributed by atoms with Gasteiger partial charge in [-0.25, -0.2) is 4.79 Å². The summed E-state index contributed by atoms with van der Waals surface area (Å²) in [4.78, 5) is 11.0. The van der Waals surface area contributed by atoms with E-state index in [1.807, 2.05) is 6.92 Å². The van der Waals surface area contributed by atoms with Crippen molar-refractivity contribution in [3.05, 3.63) is 12.2 Å². The summed E-state index contributed by atoms with van der Waals surface area (Å²) in [6.45, 7) is 8.53. The average molecular weight is 187 g/mol. The van der Waals surface area contributed by atoms with Gasteiger partial charge in [-0.15, -0.1) is 0 Å². The molecule has 0 fully saturated rings. The maximum atomic E-state index is 11.0. The average Bonchev–Trinajstić information content (AvgIpc) is 2.03.